The van der Waals surface area contributed by atoms with Crippen molar-refractivity contribution in [1.82, 2.24) is 4.90 Å². The third-order valence-electron chi connectivity index (χ3n) is 5.15. The lowest BCUT2D eigenvalue weighted by Gasteiger charge is -2.37. The summed E-state index contributed by atoms with van der Waals surface area (Å²) in [4.78, 5) is 4.32. The van der Waals surface area contributed by atoms with Crippen molar-refractivity contribution < 1.29 is 9.50 Å². The van der Waals surface area contributed by atoms with Crippen LogP contribution in [0.25, 0.3) is 10.8 Å². The summed E-state index contributed by atoms with van der Waals surface area (Å²) in [5.74, 6) is -0.169. The van der Waals surface area contributed by atoms with Crippen LogP contribution in [-0.2, 0) is 0 Å². The van der Waals surface area contributed by atoms with Crippen LogP contribution >= 0.6 is 0 Å². The second-order valence-electron chi connectivity index (χ2n) is 6.86. The standard InChI is InChI=1S/C22H23FN2O/c23-20-7-3-4-8-21(20)25-13-11-24(12-14-25)16-22(26)19-10-9-17-5-1-2-6-18(17)15-19/h1-10,15,22,26H,11-14,16H2. The Morgan fingerprint density at radius 2 is 1.54 bits per heavy atom. The van der Waals surface area contributed by atoms with Crippen molar-refractivity contribution in [2.75, 3.05) is 37.6 Å². The van der Waals surface area contributed by atoms with Gasteiger partial charge in [0.1, 0.15) is 5.82 Å². The summed E-state index contributed by atoms with van der Waals surface area (Å²) < 4.78 is 13.9. The Balaban J connectivity index is 1.38. The molecule has 3 aromatic rings. The normalized spacial score (nSPS) is 16.8. The van der Waals surface area contributed by atoms with Crippen LogP contribution in [0.15, 0.2) is 66.7 Å². The summed E-state index contributed by atoms with van der Waals surface area (Å²) in [5.41, 5.74) is 1.61. The number of β-amino-alcohol motifs (C(OH)–C–C–N with tert-alkyl or cyclic N) is 1. The summed E-state index contributed by atoms with van der Waals surface area (Å²) in [6.45, 7) is 3.78. The van der Waals surface area contributed by atoms with Crippen LogP contribution in [0.4, 0.5) is 10.1 Å². The molecule has 1 N–H and O–H groups in total. The average Bonchev–Trinajstić information content (AvgIpc) is 2.69. The molecule has 0 aliphatic carbocycles. The lowest BCUT2D eigenvalue weighted by Crippen LogP contribution is -2.47. The number of anilines is 1. The number of hydrogen-bond acceptors (Lipinski definition) is 3. The molecule has 3 nitrogen and oxygen atoms in total. The highest BCUT2D eigenvalue weighted by atomic mass is 19.1. The number of rotatable bonds is 4. The summed E-state index contributed by atoms with van der Waals surface area (Å²) in [5, 5.41) is 13.0. The van der Waals surface area contributed by atoms with E-state index in [4.69, 9.17) is 0 Å². The zero-order valence-corrected chi connectivity index (χ0v) is 14.7. The van der Waals surface area contributed by atoms with Crippen molar-refractivity contribution in [1.29, 1.82) is 0 Å². The number of fused-ring (bicyclic) bond motifs is 1. The van der Waals surface area contributed by atoms with Gasteiger partial charge in [-0.15, -0.1) is 0 Å². The van der Waals surface area contributed by atoms with E-state index in [9.17, 15) is 9.50 Å². The molecule has 26 heavy (non-hydrogen) atoms. The van der Waals surface area contributed by atoms with Gasteiger partial charge in [-0.3, -0.25) is 4.90 Å². The van der Waals surface area contributed by atoms with Crippen molar-refractivity contribution in [3.05, 3.63) is 78.1 Å². The molecule has 0 saturated carbocycles. The van der Waals surface area contributed by atoms with Gasteiger partial charge in [-0.2, -0.15) is 0 Å². The van der Waals surface area contributed by atoms with Crippen molar-refractivity contribution in [3.63, 3.8) is 0 Å². The quantitative estimate of drug-likeness (QED) is 0.775. The van der Waals surface area contributed by atoms with E-state index >= 15 is 0 Å². The third kappa shape index (κ3) is 3.57. The molecule has 0 bridgehead atoms. The lowest BCUT2D eigenvalue weighted by molar-refractivity contribution is 0.109. The van der Waals surface area contributed by atoms with E-state index in [1.807, 2.05) is 30.3 Å². The van der Waals surface area contributed by atoms with E-state index in [1.54, 1.807) is 6.07 Å². The largest absolute Gasteiger partial charge is 0.387 e. The number of aliphatic hydroxyl groups excluding tert-OH is 1. The van der Waals surface area contributed by atoms with Gasteiger partial charge in [-0.25, -0.2) is 4.39 Å². The fraction of sp³-hybridized carbons (Fsp3) is 0.273. The minimum absolute atomic E-state index is 0.169. The van der Waals surface area contributed by atoms with Gasteiger partial charge in [0.15, 0.2) is 0 Å². The molecule has 1 heterocycles. The number of nitrogens with zero attached hydrogens (tertiary/aromatic N) is 2. The van der Waals surface area contributed by atoms with Crippen molar-refractivity contribution in [2.45, 2.75) is 6.10 Å². The van der Waals surface area contributed by atoms with E-state index < -0.39 is 6.10 Å². The number of hydrogen-bond donors (Lipinski definition) is 1. The van der Waals surface area contributed by atoms with Crippen LogP contribution in [-0.4, -0.2) is 42.7 Å². The molecule has 134 valence electrons. The smallest absolute Gasteiger partial charge is 0.146 e. The number of para-hydroxylation sites is 1. The molecule has 4 rings (SSSR count). The number of aliphatic hydroxyl groups is 1. The molecule has 1 fully saturated rings. The second kappa shape index (κ2) is 7.44. The maximum atomic E-state index is 13.9. The molecule has 0 aromatic heterocycles. The second-order valence-corrected chi connectivity index (χ2v) is 6.86. The Kier molecular flexibility index (Phi) is 4.87. The SMILES string of the molecule is OC(CN1CCN(c2ccccc2F)CC1)c1ccc2ccccc2c1. The number of halogens is 1. The minimum atomic E-state index is -0.514. The van der Waals surface area contributed by atoms with Crippen LogP contribution in [0.5, 0.6) is 0 Å². The summed E-state index contributed by atoms with van der Waals surface area (Å²) in [7, 11) is 0. The van der Waals surface area contributed by atoms with Crippen LogP contribution in [0.1, 0.15) is 11.7 Å². The first kappa shape index (κ1) is 17.0. The summed E-state index contributed by atoms with van der Waals surface area (Å²) in [6, 6.07) is 21.2. The molecule has 1 aliphatic rings. The van der Waals surface area contributed by atoms with E-state index in [1.165, 1.54) is 11.5 Å². The minimum Gasteiger partial charge on any atom is -0.387 e. The van der Waals surface area contributed by atoms with Crippen molar-refractivity contribution in [2.24, 2.45) is 0 Å². The van der Waals surface area contributed by atoms with Gasteiger partial charge >= 0.3 is 0 Å². The monoisotopic (exact) mass is 350 g/mol. The molecule has 3 aromatic carbocycles. The van der Waals surface area contributed by atoms with E-state index in [2.05, 4.69) is 34.1 Å². The maximum Gasteiger partial charge on any atom is 0.146 e. The Morgan fingerprint density at radius 1 is 0.846 bits per heavy atom. The van der Waals surface area contributed by atoms with Gasteiger partial charge in [0.2, 0.25) is 0 Å². The van der Waals surface area contributed by atoms with Gasteiger partial charge < -0.3 is 10.0 Å². The van der Waals surface area contributed by atoms with E-state index in [0.717, 1.165) is 37.1 Å². The number of piperazine rings is 1. The Morgan fingerprint density at radius 3 is 2.31 bits per heavy atom. The van der Waals surface area contributed by atoms with Gasteiger partial charge in [0.05, 0.1) is 11.8 Å². The molecule has 1 atom stereocenters. The summed E-state index contributed by atoms with van der Waals surface area (Å²) in [6.07, 6.45) is -0.514. The first-order valence-corrected chi connectivity index (χ1v) is 9.09. The Labute approximate surface area is 153 Å². The lowest BCUT2D eigenvalue weighted by atomic mass is 10.0. The predicted octanol–water partition coefficient (Wildman–Crippen LogP) is 3.83. The maximum absolute atomic E-state index is 13.9. The van der Waals surface area contributed by atoms with Crippen LogP contribution in [0, 0.1) is 5.82 Å². The first-order chi connectivity index (χ1) is 12.7. The fourth-order valence-electron chi connectivity index (χ4n) is 3.64. The molecule has 0 spiro atoms. The molecule has 0 radical (unpaired) electrons. The first-order valence-electron chi connectivity index (χ1n) is 9.09. The van der Waals surface area contributed by atoms with Gasteiger partial charge in [-0.05, 0) is 34.5 Å². The molecule has 4 heteroatoms. The van der Waals surface area contributed by atoms with Crippen molar-refractivity contribution in [3.8, 4) is 0 Å². The highest BCUT2D eigenvalue weighted by molar-refractivity contribution is 5.83. The van der Waals surface area contributed by atoms with Crippen LogP contribution in [0.3, 0.4) is 0 Å². The molecule has 1 aliphatic heterocycles. The highest BCUT2D eigenvalue weighted by Gasteiger charge is 2.21. The Hall–Kier alpha value is -2.43. The van der Waals surface area contributed by atoms with Gasteiger partial charge in [0, 0.05) is 32.7 Å². The molecule has 0 amide bonds. The summed E-state index contributed by atoms with van der Waals surface area (Å²) >= 11 is 0. The van der Waals surface area contributed by atoms with E-state index in [-0.39, 0.29) is 5.82 Å². The van der Waals surface area contributed by atoms with Gasteiger partial charge in [-0.1, -0.05) is 48.5 Å². The third-order valence-corrected chi connectivity index (χ3v) is 5.15. The number of benzene rings is 3. The van der Waals surface area contributed by atoms with Crippen LogP contribution < -0.4 is 4.90 Å². The van der Waals surface area contributed by atoms with E-state index in [0.29, 0.717) is 12.2 Å². The molecule has 1 saturated heterocycles. The Bertz CT molecular complexity index is 890. The van der Waals surface area contributed by atoms with Crippen molar-refractivity contribution >= 4 is 16.5 Å². The fourth-order valence-corrected chi connectivity index (χ4v) is 3.64. The molecular formula is C22H23FN2O. The molecule has 1 unspecified atom stereocenters. The molecular weight excluding hydrogens is 327 g/mol. The average molecular weight is 350 g/mol. The zero-order chi connectivity index (χ0) is 17.9. The topological polar surface area (TPSA) is 26.7 Å². The predicted molar refractivity (Wildman–Crippen MR) is 104 cm³/mol. The van der Waals surface area contributed by atoms with Crippen LogP contribution in [0.2, 0.25) is 0 Å². The highest BCUT2D eigenvalue weighted by Crippen LogP contribution is 2.23. The zero-order valence-electron chi connectivity index (χ0n) is 14.7. The van der Waals surface area contributed by atoms with Gasteiger partial charge in [0.25, 0.3) is 0 Å².